The van der Waals surface area contributed by atoms with E-state index in [0.717, 1.165) is 18.4 Å². The predicted molar refractivity (Wildman–Crippen MR) is 164 cm³/mol. The zero-order chi connectivity index (χ0) is 26.5. The monoisotopic (exact) mass is 536 g/mol. The van der Waals surface area contributed by atoms with Crippen molar-refractivity contribution in [3.05, 3.63) is 27.5 Å². The highest BCUT2D eigenvalue weighted by Crippen LogP contribution is 2.54. The highest BCUT2D eigenvalue weighted by molar-refractivity contribution is 7.14. The number of ether oxygens (including phenoxy) is 1. The highest BCUT2D eigenvalue weighted by Gasteiger charge is 2.49. The molecule has 4 aliphatic heterocycles. The molecule has 6 heteroatoms. The van der Waals surface area contributed by atoms with E-state index in [2.05, 4.69) is 26.0 Å². The maximum Gasteiger partial charge on any atom is 0.333 e. The van der Waals surface area contributed by atoms with Crippen molar-refractivity contribution in [3.8, 4) is 0 Å². The van der Waals surface area contributed by atoms with E-state index < -0.39 is 0 Å². The summed E-state index contributed by atoms with van der Waals surface area (Å²) in [6.07, 6.45) is 20.4. The van der Waals surface area contributed by atoms with E-state index in [9.17, 15) is 4.79 Å². The summed E-state index contributed by atoms with van der Waals surface area (Å²) in [4.78, 5) is 17.0. The van der Waals surface area contributed by atoms with Gasteiger partial charge < -0.3 is 9.39 Å². The van der Waals surface area contributed by atoms with Gasteiger partial charge in [-0.3, -0.25) is 0 Å². The maximum absolute atomic E-state index is 14.3. The van der Waals surface area contributed by atoms with Crippen LogP contribution in [-0.2, 0) is 14.2 Å². The Bertz CT molecular complexity index is 926. The van der Waals surface area contributed by atoms with Crippen molar-refractivity contribution in [3.63, 3.8) is 0 Å². The van der Waals surface area contributed by atoms with Crippen molar-refractivity contribution in [1.82, 2.24) is 0 Å². The van der Waals surface area contributed by atoms with Gasteiger partial charge >= 0.3 is 12.9 Å². The normalized spacial score (nSPS) is 28.9. The van der Waals surface area contributed by atoms with E-state index in [1.54, 1.807) is 0 Å². The van der Waals surface area contributed by atoms with Crippen molar-refractivity contribution < 1.29 is 14.2 Å². The summed E-state index contributed by atoms with van der Waals surface area (Å²) in [5.74, 6) is 2.07. The number of esters is 1. The minimum atomic E-state index is -0.0407. The Morgan fingerprint density at radius 2 is 1.58 bits per heavy atom. The van der Waals surface area contributed by atoms with E-state index in [1.165, 1.54) is 105 Å². The lowest BCUT2D eigenvalue weighted by molar-refractivity contribution is -0.138. The lowest BCUT2D eigenvalue weighted by Crippen LogP contribution is -2.40. The molecule has 208 valence electrons. The summed E-state index contributed by atoms with van der Waals surface area (Å²) >= 11 is 1.90. The lowest BCUT2D eigenvalue weighted by atomic mass is 9.23. The Morgan fingerprint density at radius 3 is 2.16 bits per heavy atom. The fourth-order valence-corrected chi connectivity index (χ4v) is 9.66. The van der Waals surface area contributed by atoms with Crippen LogP contribution in [0.2, 0.25) is 23.3 Å². The first kappa shape index (κ1) is 28.5. The Morgan fingerprint density at radius 1 is 0.947 bits per heavy atom. The van der Waals surface area contributed by atoms with E-state index in [0.29, 0.717) is 36.9 Å². The van der Waals surface area contributed by atoms with Crippen LogP contribution in [0.15, 0.2) is 17.7 Å². The van der Waals surface area contributed by atoms with Gasteiger partial charge in [-0.05, 0) is 50.5 Å². The van der Waals surface area contributed by atoms with Gasteiger partial charge in [0.15, 0.2) is 6.71 Å². The largest absolute Gasteiger partial charge is 0.463 e. The van der Waals surface area contributed by atoms with Gasteiger partial charge in [0, 0.05) is 21.4 Å². The molecule has 1 aromatic rings. The molecule has 4 aliphatic rings. The average molecular weight is 536 g/mol. The first-order valence-electron chi connectivity index (χ1n) is 16.2. The van der Waals surface area contributed by atoms with Crippen molar-refractivity contribution in [2.24, 2.45) is 0 Å². The van der Waals surface area contributed by atoms with Gasteiger partial charge in [-0.15, -0.1) is 11.3 Å². The number of fused-ring (bicyclic) bond motifs is 5. The minimum absolute atomic E-state index is 0.0407. The van der Waals surface area contributed by atoms with Crippen LogP contribution in [0.3, 0.4) is 0 Å². The summed E-state index contributed by atoms with van der Waals surface area (Å²) < 4.78 is 13.1. The molecule has 0 aliphatic carbocycles. The van der Waals surface area contributed by atoms with Crippen LogP contribution in [0.25, 0.3) is 5.47 Å². The molecule has 1 atom stereocenters. The standard InChI is InChI=1S/C32H50B2O3S/c1-4-6-7-20-28(34-26-16-10-18-27(37-34)19-11-17-26)30(32(35)36-5-2)31(29-22-21-23(3)38-29)33-24-12-8-13-25(33)15-9-14-24/h21-22,24-28H,4-20H2,1-3H3/b31-30-. The third-order valence-electron chi connectivity index (χ3n) is 10.3. The smallest absolute Gasteiger partial charge is 0.333 e. The molecule has 0 aromatic carbocycles. The first-order valence-corrected chi connectivity index (χ1v) is 17.1. The second-order valence-electron chi connectivity index (χ2n) is 12.8. The highest BCUT2D eigenvalue weighted by atomic mass is 32.1. The Hall–Kier alpha value is -1.00. The van der Waals surface area contributed by atoms with E-state index in [4.69, 9.17) is 9.39 Å². The van der Waals surface area contributed by atoms with Gasteiger partial charge in [0.1, 0.15) is 0 Å². The number of unbranched alkanes of at least 4 members (excludes halogenated alkanes) is 2. The molecule has 5 rings (SSSR count). The molecule has 0 saturated carbocycles. The average Bonchev–Trinajstić information content (AvgIpc) is 3.08. The summed E-state index contributed by atoms with van der Waals surface area (Å²) in [6.45, 7) is 7.56. The number of hydrogen-bond donors (Lipinski definition) is 0. The molecule has 4 saturated heterocycles. The maximum atomic E-state index is 14.3. The van der Waals surface area contributed by atoms with Crippen LogP contribution in [0.4, 0.5) is 0 Å². The van der Waals surface area contributed by atoms with Gasteiger partial charge in [-0.1, -0.05) is 114 Å². The molecule has 0 N–H and O–H groups in total. The van der Waals surface area contributed by atoms with Crippen LogP contribution >= 0.6 is 11.3 Å². The van der Waals surface area contributed by atoms with Crippen LogP contribution < -0.4 is 0 Å². The molecular weight excluding hydrogens is 486 g/mol. The molecular formula is C32H50B2O3S. The van der Waals surface area contributed by atoms with Crippen LogP contribution in [0.1, 0.15) is 126 Å². The molecule has 38 heavy (non-hydrogen) atoms. The molecule has 0 spiro atoms. The van der Waals surface area contributed by atoms with Crippen molar-refractivity contribution in [1.29, 1.82) is 0 Å². The molecule has 4 fully saturated rings. The van der Waals surface area contributed by atoms with Gasteiger partial charge in [-0.25, -0.2) is 4.79 Å². The molecule has 1 unspecified atom stereocenters. The molecule has 5 heterocycles. The Balaban J connectivity index is 1.68. The number of hydrogen-bond acceptors (Lipinski definition) is 4. The van der Waals surface area contributed by atoms with Crippen LogP contribution in [-0.4, -0.2) is 32.3 Å². The number of rotatable bonds is 10. The van der Waals surface area contributed by atoms with Gasteiger partial charge in [0.25, 0.3) is 0 Å². The third-order valence-corrected chi connectivity index (χ3v) is 11.4. The lowest BCUT2D eigenvalue weighted by Gasteiger charge is -2.43. The predicted octanol–water partition coefficient (Wildman–Crippen LogP) is 9.58. The summed E-state index contributed by atoms with van der Waals surface area (Å²) in [7, 11) is 0. The zero-order valence-electron chi connectivity index (χ0n) is 24.3. The van der Waals surface area contributed by atoms with Crippen molar-refractivity contribution in [2.75, 3.05) is 6.61 Å². The van der Waals surface area contributed by atoms with Crippen LogP contribution in [0.5, 0.6) is 0 Å². The number of aryl methyl sites for hydroxylation is 1. The number of thiophene rings is 1. The second kappa shape index (κ2) is 13.6. The fraction of sp³-hybridized carbons (Fsp3) is 0.781. The quantitative estimate of drug-likeness (QED) is 0.129. The van der Waals surface area contributed by atoms with Crippen LogP contribution in [0, 0.1) is 6.92 Å². The second-order valence-corrected chi connectivity index (χ2v) is 14.1. The summed E-state index contributed by atoms with van der Waals surface area (Å²) in [6, 6.07) is 4.59. The van der Waals surface area contributed by atoms with Gasteiger partial charge in [0.05, 0.1) is 6.61 Å². The Kier molecular flexibility index (Phi) is 10.2. The van der Waals surface area contributed by atoms with E-state index in [1.807, 2.05) is 18.3 Å². The summed E-state index contributed by atoms with van der Waals surface area (Å²) in [5, 5.41) is 0. The van der Waals surface area contributed by atoms with Gasteiger partial charge in [0.2, 0.25) is 0 Å². The number of carbonyl (C=O) groups excluding carboxylic acids is 1. The van der Waals surface area contributed by atoms with E-state index in [-0.39, 0.29) is 18.7 Å². The molecule has 0 radical (unpaired) electrons. The molecule has 1 aromatic heterocycles. The zero-order valence-corrected chi connectivity index (χ0v) is 25.2. The molecule has 4 bridgehead atoms. The number of carbonyl (C=O) groups is 1. The fourth-order valence-electron chi connectivity index (χ4n) is 8.69. The first-order chi connectivity index (χ1) is 18.6. The van der Waals surface area contributed by atoms with Crippen molar-refractivity contribution >= 4 is 36.4 Å². The third kappa shape index (κ3) is 6.32. The topological polar surface area (TPSA) is 35.5 Å². The molecule has 0 amide bonds. The van der Waals surface area contributed by atoms with Crippen molar-refractivity contribution in [2.45, 2.75) is 153 Å². The van der Waals surface area contributed by atoms with E-state index >= 15 is 0 Å². The minimum Gasteiger partial charge on any atom is -0.463 e. The van der Waals surface area contributed by atoms with Gasteiger partial charge in [-0.2, -0.15) is 0 Å². The molecule has 3 nitrogen and oxygen atoms in total. The summed E-state index contributed by atoms with van der Waals surface area (Å²) in [5.41, 5.74) is 2.42. The Labute approximate surface area is 237 Å². The SMILES string of the molecule is CCCCCC(B1OC2CCCC1CCC2)/C(C(=O)OCC)=C(/B1C2CCCC1CCC2)c1ccc(C)s1.